The summed E-state index contributed by atoms with van der Waals surface area (Å²) in [6.07, 6.45) is 4.53. The summed E-state index contributed by atoms with van der Waals surface area (Å²) in [5.41, 5.74) is 4.21. The first kappa shape index (κ1) is 14.6. The first-order valence-corrected chi connectivity index (χ1v) is 7.84. The van der Waals surface area contributed by atoms with Crippen molar-refractivity contribution < 1.29 is 0 Å². The van der Waals surface area contributed by atoms with Gasteiger partial charge in [0.1, 0.15) is 0 Å². The fraction of sp³-hybridized carbons (Fsp3) is 0.600. The van der Waals surface area contributed by atoms with E-state index in [1.807, 2.05) is 11.8 Å². The van der Waals surface area contributed by atoms with Gasteiger partial charge >= 0.3 is 0 Å². The smallest absolute Gasteiger partial charge is 0.0198 e. The quantitative estimate of drug-likeness (QED) is 0.795. The maximum absolute atomic E-state index is 3.64. The number of thioether (sulfide) groups is 1. The molecule has 0 aliphatic heterocycles. The Bertz CT molecular complexity index is 315. The van der Waals surface area contributed by atoms with Crippen LogP contribution in [0.2, 0.25) is 0 Å². The van der Waals surface area contributed by atoms with Gasteiger partial charge in [0.2, 0.25) is 0 Å². The van der Waals surface area contributed by atoms with Gasteiger partial charge in [-0.1, -0.05) is 36.2 Å². The molecule has 0 spiro atoms. The minimum absolute atomic E-state index is 0.603. The summed E-state index contributed by atoms with van der Waals surface area (Å²) < 4.78 is 0. The summed E-state index contributed by atoms with van der Waals surface area (Å²) in [6, 6.07) is 7.47. The highest BCUT2D eigenvalue weighted by molar-refractivity contribution is 7.98. The van der Waals surface area contributed by atoms with Crippen molar-refractivity contribution >= 4 is 11.8 Å². The molecule has 0 aliphatic carbocycles. The highest BCUT2D eigenvalue weighted by Gasteiger charge is 2.08. The van der Waals surface area contributed by atoms with E-state index in [2.05, 4.69) is 50.5 Å². The average Bonchev–Trinajstić information content (AvgIpc) is 2.24. The predicted molar refractivity (Wildman–Crippen MR) is 80.1 cm³/mol. The van der Waals surface area contributed by atoms with Crippen molar-refractivity contribution in [2.45, 2.75) is 39.7 Å². The summed E-state index contributed by atoms with van der Waals surface area (Å²) in [7, 11) is 0. The molecule has 0 saturated heterocycles. The fourth-order valence-electron chi connectivity index (χ4n) is 2.21. The largest absolute Gasteiger partial charge is 0.313 e. The molecule has 0 aliphatic rings. The number of hydrogen-bond acceptors (Lipinski definition) is 2. The third-order valence-electron chi connectivity index (χ3n) is 2.81. The van der Waals surface area contributed by atoms with Gasteiger partial charge in [-0.25, -0.2) is 0 Å². The van der Waals surface area contributed by atoms with Crippen LogP contribution in [0.3, 0.4) is 0 Å². The molecule has 0 fully saturated rings. The Morgan fingerprint density at radius 1 is 1.18 bits per heavy atom. The minimum atomic E-state index is 0.603. The molecule has 1 nitrogen and oxygen atoms in total. The van der Waals surface area contributed by atoms with Crippen molar-refractivity contribution in [3.63, 3.8) is 0 Å². The van der Waals surface area contributed by atoms with Crippen molar-refractivity contribution in [2.24, 2.45) is 0 Å². The topological polar surface area (TPSA) is 12.0 Å². The van der Waals surface area contributed by atoms with Gasteiger partial charge in [-0.3, -0.25) is 0 Å². The maximum atomic E-state index is 3.64. The zero-order chi connectivity index (χ0) is 12.7. The average molecular weight is 251 g/mol. The molecule has 1 atom stereocenters. The number of hydrogen-bond donors (Lipinski definition) is 1. The van der Waals surface area contributed by atoms with Crippen LogP contribution in [-0.2, 0) is 6.42 Å². The molecule has 0 bridgehead atoms. The van der Waals surface area contributed by atoms with E-state index in [9.17, 15) is 0 Å². The van der Waals surface area contributed by atoms with E-state index < -0.39 is 0 Å². The van der Waals surface area contributed by atoms with Crippen LogP contribution in [-0.4, -0.2) is 24.6 Å². The zero-order valence-electron chi connectivity index (χ0n) is 11.5. The van der Waals surface area contributed by atoms with Gasteiger partial charge in [-0.2, -0.15) is 11.8 Å². The molecule has 0 radical (unpaired) electrons. The van der Waals surface area contributed by atoms with E-state index in [1.54, 1.807) is 0 Å². The molecule has 96 valence electrons. The summed E-state index contributed by atoms with van der Waals surface area (Å²) >= 11 is 1.93. The van der Waals surface area contributed by atoms with Crippen LogP contribution in [0.4, 0.5) is 0 Å². The highest BCUT2D eigenvalue weighted by Crippen LogP contribution is 2.12. The van der Waals surface area contributed by atoms with Gasteiger partial charge in [0, 0.05) is 11.8 Å². The molecule has 0 heterocycles. The van der Waals surface area contributed by atoms with Gasteiger partial charge in [0.15, 0.2) is 0 Å². The van der Waals surface area contributed by atoms with Gasteiger partial charge in [0.25, 0.3) is 0 Å². The first-order valence-electron chi connectivity index (χ1n) is 6.45. The molecular formula is C15H25NS. The van der Waals surface area contributed by atoms with Gasteiger partial charge in [-0.05, 0) is 45.1 Å². The second-order valence-corrected chi connectivity index (χ2v) is 5.72. The highest BCUT2D eigenvalue weighted by atomic mass is 32.2. The van der Waals surface area contributed by atoms with Crippen molar-refractivity contribution in [1.82, 2.24) is 5.32 Å². The van der Waals surface area contributed by atoms with Gasteiger partial charge < -0.3 is 5.32 Å². The van der Waals surface area contributed by atoms with E-state index in [-0.39, 0.29) is 0 Å². The second kappa shape index (κ2) is 7.78. The Morgan fingerprint density at radius 2 is 1.82 bits per heavy atom. The molecule has 0 saturated carbocycles. The Morgan fingerprint density at radius 3 is 2.35 bits per heavy atom. The molecule has 1 aromatic carbocycles. The summed E-state index contributed by atoms with van der Waals surface area (Å²) in [4.78, 5) is 0. The lowest BCUT2D eigenvalue weighted by Gasteiger charge is -2.18. The zero-order valence-corrected chi connectivity index (χ0v) is 12.4. The second-order valence-electron chi connectivity index (χ2n) is 4.81. The van der Waals surface area contributed by atoms with Crippen LogP contribution in [0.1, 0.15) is 30.0 Å². The Labute approximate surface area is 110 Å². The number of rotatable bonds is 7. The van der Waals surface area contributed by atoms with Crippen LogP contribution in [0, 0.1) is 13.8 Å². The lowest BCUT2D eigenvalue weighted by atomic mass is 10.0. The van der Waals surface area contributed by atoms with Crippen molar-refractivity contribution in [1.29, 1.82) is 0 Å². The Kier molecular flexibility index (Phi) is 6.68. The minimum Gasteiger partial charge on any atom is -0.313 e. The van der Waals surface area contributed by atoms with Crippen LogP contribution in [0.15, 0.2) is 18.2 Å². The van der Waals surface area contributed by atoms with Crippen LogP contribution >= 0.6 is 11.8 Å². The molecule has 1 N–H and O–H groups in total. The van der Waals surface area contributed by atoms with Crippen molar-refractivity contribution in [2.75, 3.05) is 18.6 Å². The summed E-state index contributed by atoms with van der Waals surface area (Å²) in [6.45, 7) is 7.70. The van der Waals surface area contributed by atoms with E-state index >= 15 is 0 Å². The lowest BCUT2D eigenvalue weighted by molar-refractivity contribution is 0.550. The SMILES string of the molecule is CCCNC(CSC)Cc1cc(C)cc(C)c1. The van der Waals surface area contributed by atoms with E-state index in [0.29, 0.717) is 6.04 Å². The maximum Gasteiger partial charge on any atom is 0.0198 e. The van der Waals surface area contributed by atoms with Gasteiger partial charge in [0.05, 0.1) is 0 Å². The molecule has 0 aromatic heterocycles. The summed E-state index contributed by atoms with van der Waals surface area (Å²) in [5, 5.41) is 3.64. The fourth-order valence-corrected chi connectivity index (χ4v) is 2.85. The number of nitrogens with one attached hydrogen (secondary N) is 1. The number of benzene rings is 1. The van der Waals surface area contributed by atoms with E-state index in [1.165, 1.54) is 28.9 Å². The monoisotopic (exact) mass is 251 g/mol. The third kappa shape index (κ3) is 5.60. The molecular weight excluding hydrogens is 226 g/mol. The molecule has 1 unspecified atom stereocenters. The van der Waals surface area contributed by atoms with Crippen molar-refractivity contribution in [3.8, 4) is 0 Å². The molecule has 0 amide bonds. The molecule has 1 rings (SSSR count). The molecule has 2 heteroatoms. The van der Waals surface area contributed by atoms with E-state index in [0.717, 1.165) is 13.0 Å². The first-order chi connectivity index (χ1) is 8.15. The van der Waals surface area contributed by atoms with Gasteiger partial charge in [-0.15, -0.1) is 0 Å². The Balaban J connectivity index is 2.63. The van der Waals surface area contributed by atoms with Crippen LogP contribution < -0.4 is 5.32 Å². The predicted octanol–water partition coefficient (Wildman–Crippen LogP) is 3.58. The van der Waals surface area contributed by atoms with Crippen molar-refractivity contribution in [3.05, 3.63) is 34.9 Å². The molecule has 1 aromatic rings. The van der Waals surface area contributed by atoms with Crippen LogP contribution in [0.25, 0.3) is 0 Å². The lowest BCUT2D eigenvalue weighted by Crippen LogP contribution is -2.34. The summed E-state index contributed by atoms with van der Waals surface area (Å²) in [5.74, 6) is 1.19. The normalized spacial score (nSPS) is 12.7. The Hall–Kier alpha value is -0.470. The standard InChI is InChI=1S/C15H25NS/c1-5-6-16-15(11-17-4)10-14-8-12(2)7-13(3)9-14/h7-9,15-16H,5-6,10-11H2,1-4H3. The molecule has 17 heavy (non-hydrogen) atoms. The number of aryl methyl sites for hydroxylation is 2. The third-order valence-corrected chi connectivity index (χ3v) is 3.55. The van der Waals surface area contributed by atoms with E-state index in [4.69, 9.17) is 0 Å². The van der Waals surface area contributed by atoms with Crippen LogP contribution in [0.5, 0.6) is 0 Å².